The van der Waals surface area contributed by atoms with Gasteiger partial charge in [0, 0.05) is 24.7 Å². The number of benzene rings is 1. The zero-order valence-electron chi connectivity index (χ0n) is 15.4. The number of hydrogen-bond donors (Lipinski definition) is 0. The fourth-order valence-corrected chi connectivity index (χ4v) is 2.23. The molecule has 146 valence electrons. The monoisotopic (exact) mass is 382 g/mol. The molecule has 1 aromatic carbocycles. The van der Waals surface area contributed by atoms with E-state index in [-0.39, 0.29) is 18.1 Å². The number of halogens is 2. The molecule has 0 bridgehead atoms. The van der Waals surface area contributed by atoms with Crippen LogP contribution in [0.1, 0.15) is 13.8 Å². The minimum absolute atomic E-state index is 0.0698. The van der Waals surface area contributed by atoms with E-state index in [4.69, 9.17) is 9.47 Å². The Balaban J connectivity index is 1.97. The van der Waals surface area contributed by atoms with Gasteiger partial charge in [-0.25, -0.2) is 13.6 Å². The van der Waals surface area contributed by atoms with E-state index in [1.165, 1.54) is 23.9 Å². The normalized spacial score (nSPS) is 11.2. The molecule has 0 unspecified atom stereocenters. The molecule has 0 aliphatic rings. The highest BCUT2D eigenvalue weighted by Crippen LogP contribution is 2.26. The minimum atomic E-state index is -0.983. The molecule has 1 heterocycles. The van der Waals surface area contributed by atoms with Crippen LogP contribution in [0.5, 0.6) is 5.88 Å². The molecule has 0 spiro atoms. The van der Waals surface area contributed by atoms with Crippen LogP contribution in [0.4, 0.5) is 8.78 Å². The lowest BCUT2D eigenvalue weighted by atomic mass is 9.95. The Morgan fingerprint density at radius 3 is 2.56 bits per heavy atom. The summed E-state index contributed by atoms with van der Waals surface area (Å²) in [5.74, 6) is -2.57. The lowest BCUT2D eigenvalue weighted by molar-refractivity contribution is -0.160. The van der Waals surface area contributed by atoms with Crippen LogP contribution in [-0.2, 0) is 26.1 Å². The summed E-state index contributed by atoms with van der Waals surface area (Å²) >= 11 is 0. The van der Waals surface area contributed by atoms with Crippen LogP contribution in [0, 0.1) is 17.0 Å². The van der Waals surface area contributed by atoms with E-state index in [9.17, 15) is 18.4 Å². The summed E-state index contributed by atoms with van der Waals surface area (Å²) in [5, 5.41) is 4.03. The van der Waals surface area contributed by atoms with Gasteiger partial charge in [-0.2, -0.15) is 0 Å². The summed E-state index contributed by atoms with van der Waals surface area (Å²) in [6, 6.07) is 4.60. The van der Waals surface area contributed by atoms with Crippen molar-refractivity contribution in [3.8, 4) is 17.1 Å². The van der Waals surface area contributed by atoms with Gasteiger partial charge in [0.25, 0.3) is 0 Å². The van der Waals surface area contributed by atoms with Crippen LogP contribution in [0.3, 0.4) is 0 Å². The van der Waals surface area contributed by atoms with Crippen molar-refractivity contribution >= 4 is 11.9 Å². The van der Waals surface area contributed by atoms with Crippen molar-refractivity contribution in [1.82, 2.24) is 9.78 Å². The van der Waals surface area contributed by atoms with Gasteiger partial charge in [0.15, 0.2) is 6.61 Å². The van der Waals surface area contributed by atoms with Crippen molar-refractivity contribution in [2.45, 2.75) is 13.8 Å². The molecule has 0 N–H and O–H groups in total. The molecule has 0 saturated heterocycles. The molecular weight excluding hydrogens is 362 g/mol. The largest absolute Gasteiger partial charge is 0.469 e. The Morgan fingerprint density at radius 2 is 1.93 bits per heavy atom. The standard InChI is InChI=1S/C18H20F2N2O5/c1-18(2,17(24)25-4)10-27-16(23)9-26-15-8-14(22(3)21-15)12-6-5-11(19)7-13(12)20/h5-8H,9-10H2,1-4H3. The molecule has 0 saturated carbocycles. The lowest BCUT2D eigenvalue weighted by Gasteiger charge is -2.20. The molecule has 0 radical (unpaired) electrons. The van der Waals surface area contributed by atoms with E-state index < -0.39 is 35.6 Å². The third kappa shape index (κ3) is 5.02. The van der Waals surface area contributed by atoms with Gasteiger partial charge in [-0.15, -0.1) is 5.10 Å². The third-order valence-electron chi connectivity index (χ3n) is 3.73. The van der Waals surface area contributed by atoms with E-state index in [1.807, 2.05) is 0 Å². The molecular formula is C18H20F2N2O5. The highest BCUT2D eigenvalue weighted by atomic mass is 19.1. The highest BCUT2D eigenvalue weighted by molar-refractivity contribution is 5.77. The van der Waals surface area contributed by atoms with Crippen LogP contribution in [0.15, 0.2) is 24.3 Å². The summed E-state index contributed by atoms with van der Waals surface area (Å²) in [5.41, 5.74) is -0.491. The predicted octanol–water partition coefficient (Wildman–Crippen LogP) is 2.49. The van der Waals surface area contributed by atoms with E-state index in [0.29, 0.717) is 5.69 Å². The molecule has 7 nitrogen and oxygen atoms in total. The molecule has 1 aromatic heterocycles. The molecule has 0 atom stereocenters. The van der Waals surface area contributed by atoms with Crippen molar-refractivity contribution in [2.24, 2.45) is 12.5 Å². The van der Waals surface area contributed by atoms with Gasteiger partial charge in [-0.05, 0) is 26.0 Å². The van der Waals surface area contributed by atoms with E-state index >= 15 is 0 Å². The van der Waals surface area contributed by atoms with E-state index in [0.717, 1.165) is 12.1 Å². The average molecular weight is 382 g/mol. The fourth-order valence-electron chi connectivity index (χ4n) is 2.23. The third-order valence-corrected chi connectivity index (χ3v) is 3.73. The van der Waals surface area contributed by atoms with E-state index in [2.05, 4.69) is 9.84 Å². The van der Waals surface area contributed by atoms with Crippen molar-refractivity contribution < 1.29 is 32.6 Å². The Morgan fingerprint density at radius 1 is 1.22 bits per heavy atom. The average Bonchev–Trinajstić information content (AvgIpc) is 2.98. The Hall–Kier alpha value is -2.97. The summed E-state index contributed by atoms with van der Waals surface area (Å²) < 4.78 is 43.2. The summed E-state index contributed by atoms with van der Waals surface area (Å²) in [4.78, 5) is 23.3. The number of rotatable bonds is 7. The molecule has 0 aliphatic heterocycles. The van der Waals surface area contributed by atoms with Gasteiger partial charge in [-0.1, -0.05) is 0 Å². The quantitative estimate of drug-likeness (QED) is 0.685. The van der Waals surface area contributed by atoms with Crippen molar-refractivity contribution in [3.05, 3.63) is 35.9 Å². The first-order valence-electron chi connectivity index (χ1n) is 8.00. The molecule has 27 heavy (non-hydrogen) atoms. The van der Waals surface area contributed by atoms with Crippen LogP contribution in [-0.4, -0.2) is 42.0 Å². The number of hydrogen-bond acceptors (Lipinski definition) is 6. The first kappa shape index (κ1) is 20.3. The van der Waals surface area contributed by atoms with Crippen LogP contribution in [0.2, 0.25) is 0 Å². The van der Waals surface area contributed by atoms with Gasteiger partial charge in [0.1, 0.15) is 18.2 Å². The number of esters is 2. The maximum absolute atomic E-state index is 13.9. The van der Waals surface area contributed by atoms with Gasteiger partial charge in [0.05, 0.1) is 18.2 Å². The SMILES string of the molecule is COC(=O)C(C)(C)COC(=O)COc1cc(-c2ccc(F)cc2F)n(C)n1. The Kier molecular flexibility index (Phi) is 6.14. The van der Waals surface area contributed by atoms with Gasteiger partial charge < -0.3 is 14.2 Å². The lowest BCUT2D eigenvalue weighted by Crippen LogP contribution is -2.32. The molecule has 9 heteroatoms. The zero-order chi connectivity index (χ0) is 20.2. The number of carbonyl (C=O) groups excluding carboxylic acids is 2. The van der Waals surface area contributed by atoms with Gasteiger partial charge >= 0.3 is 11.9 Å². The van der Waals surface area contributed by atoms with Crippen LogP contribution >= 0.6 is 0 Å². The van der Waals surface area contributed by atoms with Crippen molar-refractivity contribution in [1.29, 1.82) is 0 Å². The topological polar surface area (TPSA) is 79.6 Å². The highest BCUT2D eigenvalue weighted by Gasteiger charge is 2.30. The minimum Gasteiger partial charge on any atom is -0.469 e. The predicted molar refractivity (Wildman–Crippen MR) is 90.8 cm³/mol. The molecule has 2 rings (SSSR count). The maximum Gasteiger partial charge on any atom is 0.344 e. The van der Waals surface area contributed by atoms with Gasteiger partial charge in [-0.3, -0.25) is 9.48 Å². The number of carbonyl (C=O) groups is 2. The summed E-state index contributed by atoms with van der Waals surface area (Å²) in [7, 11) is 2.81. The number of nitrogens with zero attached hydrogens (tertiary/aromatic N) is 2. The number of methoxy groups -OCH3 is 1. The van der Waals surface area contributed by atoms with Crippen molar-refractivity contribution in [3.63, 3.8) is 0 Å². The summed E-state index contributed by atoms with van der Waals surface area (Å²) in [6.07, 6.45) is 0. The first-order valence-corrected chi connectivity index (χ1v) is 8.00. The molecule has 0 amide bonds. The van der Waals surface area contributed by atoms with Crippen molar-refractivity contribution in [2.75, 3.05) is 20.3 Å². The number of ether oxygens (including phenoxy) is 3. The molecule has 0 aliphatic carbocycles. The number of aryl methyl sites for hydroxylation is 1. The summed E-state index contributed by atoms with van der Waals surface area (Å²) in [6.45, 7) is 2.54. The Bertz CT molecular complexity index is 848. The van der Waals surface area contributed by atoms with E-state index in [1.54, 1.807) is 20.9 Å². The molecule has 2 aromatic rings. The second kappa shape index (κ2) is 8.15. The number of aromatic nitrogens is 2. The smallest absolute Gasteiger partial charge is 0.344 e. The first-order chi connectivity index (χ1) is 12.6. The van der Waals surface area contributed by atoms with Crippen LogP contribution in [0.25, 0.3) is 11.3 Å². The second-order valence-corrected chi connectivity index (χ2v) is 6.44. The van der Waals surface area contributed by atoms with Gasteiger partial charge in [0.2, 0.25) is 5.88 Å². The van der Waals surface area contributed by atoms with Crippen LogP contribution < -0.4 is 4.74 Å². The Labute approximate surface area is 154 Å². The molecule has 0 fully saturated rings. The fraction of sp³-hybridized carbons (Fsp3) is 0.389. The second-order valence-electron chi connectivity index (χ2n) is 6.44. The maximum atomic E-state index is 13.9. The zero-order valence-corrected chi connectivity index (χ0v) is 15.4.